The third-order valence-electron chi connectivity index (χ3n) is 7.21. The van der Waals surface area contributed by atoms with Gasteiger partial charge in [0.2, 0.25) is 10.0 Å². The number of piperidine rings is 2. The molecule has 1 amide bonds. The van der Waals surface area contributed by atoms with Crippen molar-refractivity contribution in [2.24, 2.45) is 5.92 Å². The quantitative estimate of drug-likeness (QED) is 0.524. The molecule has 200 valence electrons. The molecule has 2 aliphatic heterocycles. The van der Waals surface area contributed by atoms with Gasteiger partial charge in [-0.3, -0.25) is 9.59 Å². The van der Waals surface area contributed by atoms with Gasteiger partial charge < -0.3 is 14.4 Å². The summed E-state index contributed by atoms with van der Waals surface area (Å²) in [6.07, 6.45) is 2.41. The highest BCUT2D eigenvalue weighted by atomic mass is 32.2. The van der Waals surface area contributed by atoms with Crippen LogP contribution < -0.4 is 9.46 Å². The number of carbonyl (C=O) groups is 2. The van der Waals surface area contributed by atoms with Crippen LogP contribution >= 0.6 is 0 Å². The van der Waals surface area contributed by atoms with Gasteiger partial charge in [-0.25, -0.2) is 17.5 Å². The van der Waals surface area contributed by atoms with Crippen LogP contribution in [-0.4, -0.2) is 62.3 Å². The number of nitrogens with zero attached hydrogens (tertiary/aromatic N) is 1. The van der Waals surface area contributed by atoms with E-state index >= 15 is 4.39 Å². The van der Waals surface area contributed by atoms with Crippen LogP contribution in [0.5, 0.6) is 5.75 Å². The lowest BCUT2D eigenvalue weighted by Gasteiger charge is -2.59. The van der Waals surface area contributed by atoms with Crippen molar-refractivity contribution < 1.29 is 31.9 Å². The Labute approximate surface area is 217 Å². The Hall–Kier alpha value is -2.98. The van der Waals surface area contributed by atoms with E-state index in [1.165, 1.54) is 27.9 Å². The summed E-state index contributed by atoms with van der Waals surface area (Å²) in [5.74, 6) is -0.853. The Kier molecular flexibility index (Phi) is 7.36. The van der Waals surface area contributed by atoms with Gasteiger partial charge in [-0.1, -0.05) is 30.3 Å². The molecule has 3 fully saturated rings. The number of hydrogen-bond acceptors (Lipinski definition) is 6. The zero-order valence-corrected chi connectivity index (χ0v) is 22.5. The van der Waals surface area contributed by atoms with Crippen LogP contribution in [0.15, 0.2) is 42.5 Å². The van der Waals surface area contributed by atoms with Crippen LogP contribution in [-0.2, 0) is 30.8 Å². The zero-order valence-electron chi connectivity index (χ0n) is 21.7. The minimum atomic E-state index is -3.61. The predicted octanol–water partition coefficient (Wildman–Crippen LogP) is 3.29. The van der Waals surface area contributed by atoms with Gasteiger partial charge >= 0.3 is 5.97 Å². The highest BCUT2D eigenvalue weighted by Gasteiger charge is 2.55. The number of halogens is 1. The number of carbonyl (C=O) groups excluding carboxylic acids is 2. The van der Waals surface area contributed by atoms with Crippen molar-refractivity contribution in [2.45, 2.75) is 63.8 Å². The molecule has 0 unspecified atom stereocenters. The third-order valence-corrected chi connectivity index (χ3v) is 7.91. The van der Waals surface area contributed by atoms with Gasteiger partial charge in [0.15, 0.2) is 5.60 Å². The van der Waals surface area contributed by atoms with E-state index < -0.39 is 45.4 Å². The van der Waals surface area contributed by atoms with Crippen molar-refractivity contribution in [1.29, 1.82) is 0 Å². The smallest absolute Gasteiger partial charge is 0.303 e. The molecule has 1 N–H and O–H groups in total. The molecule has 1 aliphatic carbocycles. The van der Waals surface area contributed by atoms with Crippen LogP contribution in [0.2, 0.25) is 0 Å². The molecule has 3 aliphatic rings. The Morgan fingerprint density at radius 1 is 1.16 bits per heavy atom. The Bertz CT molecular complexity index is 1310. The second-order valence-corrected chi connectivity index (χ2v) is 12.2. The molecular weight excluding hydrogens is 499 g/mol. The van der Waals surface area contributed by atoms with Crippen molar-refractivity contribution in [3.63, 3.8) is 0 Å². The van der Waals surface area contributed by atoms with Crippen molar-refractivity contribution >= 4 is 21.9 Å². The fraction of sp³-hybridized carbons (Fsp3) is 0.481. The molecule has 2 heterocycles. The fourth-order valence-electron chi connectivity index (χ4n) is 5.56. The van der Waals surface area contributed by atoms with Crippen LogP contribution in [0.3, 0.4) is 0 Å². The lowest BCUT2D eigenvalue weighted by Crippen LogP contribution is -2.72. The van der Waals surface area contributed by atoms with Gasteiger partial charge in [0, 0.05) is 24.6 Å². The summed E-state index contributed by atoms with van der Waals surface area (Å²) >= 11 is 0. The SMILES string of the molecule is COc1cccc(-c2cccc(C[C@H]3[C@@H](NS(C)(=O)=O)C4CC(C4)N3C(=O)C(C)(C)OC(C)=O)c2F)c1. The average Bonchev–Trinajstić information content (AvgIpc) is 2.78. The first kappa shape index (κ1) is 27.1. The summed E-state index contributed by atoms with van der Waals surface area (Å²) < 4.78 is 53.8. The van der Waals surface area contributed by atoms with Gasteiger partial charge in [0.1, 0.15) is 11.6 Å². The van der Waals surface area contributed by atoms with E-state index in [0.717, 1.165) is 6.26 Å². The van der Waals surface area contributed by atoms with Crippen molar-refractivity contribution in [3.8, 4) is 16.9 Å². The zero-order chi connectivity index (χ0) is 27.1. The maximum atomic E-state index is 15.9. The van der Waals surface area contributed by atoms with E-state index in [4.69, 9.17) is 9.47 Å². The van der Waals surface area contributed by atoms with E-state index in [-0.39, 0.29) is 18.4 Å². The molecule has 0 radical (unpaired) electrons. The molecule has 5 rings (SSSR count). The Morgan fingerprint density at radius 3 is 2.46 bits per heavy atom. The molecule has 10 heteroatoms. The molecule has 2 bridgehead atoms. The van der Waals surface area contributed by atoms with Crippen LogP contribution in [0.4, 0.5) is 4.39 Å². The molecule has 2 saturated heterocycles. The highest BCUT2D eigenvalue weighted by molar-refractivity contribution is 7.88. The summed E-state index contributed by atoms with van der Waals surface area (Å²) in [6.45, 7) is 4.26. The molecule has 8 nitrogen and oxygen atoms in total. The van der Waals surface area contributed by atoms with Gasteiger partial charge in [-0.15, -0.1) is 0 Å². The van der Waals surface area contributed by atoms with E-state index in [1.54, 1.807) is 47.4 Å². The number of rotatable bonds is 8. The second kappa shape index (κ2) is 10.1. The molecule has 0 aromatic heterocycles. The minimum absolute atomic E-state index is 0.0234. The summed E-state index contributed by atoms with van der Waals surface area (Å²) in [5.41, 5.74) is -0.0820. The van der Waals surface area contributed by atoms with Gasteiger partial charge in [-0.05, 0) is 62.3 Å². The first-order valence-corrected chi connectivity index (χ1v) is 14.1. The number of benzene rings is 2. The van der Waals surface area contributed by atoms with E-state index in [9.17, 15) is 18.0 Å². The first-order valence-electron chi connectivity index (χ1n) is 12.2. The molecule has 2 aromatic carbocycles. The van der Waals surface area contributed by atoms with E-state index in [1.807, 2.05) is 0 Å². The number of methoxy groups -OCH3 is 1. The number of esters is 1. The third kappa shape index (κ3) is 5.65. The van der Waals surface area contributed by atoms with Crippen molar-refractivity contribution in [1.82, 2.24) is 9.62 Å². The summed E-state index contributed by atoms with van der Waals surface area (Å²) in [7, 11) is -2.07. The van der Waals surface area contributed by atoms with E-state index in [0.29, 0.717) is 35.3 Å². The van der Waals surface area contributed by atoms with Crippen LogP contribution in [0, 0.1) is 11.7 Å². The number of amides is 1. The lowest BCUT2D eigenvalue weighted by molar-refractivity contribution is -0.179. The van der Waals surface area contributed by atoms with E-state index in [2.05, 4.69) is 4.72 Å². The highest BCUT2D eigenvalue weighted by Crippen LogP contribution is 2.45. The number of sulfonamides is 1. The molecule has 2 aromatic rings. The average molecular weight is 533 g/mol. The number of ether oxygens (including phenoxy) is 2. The van der Waals surface area contributed by atoms with Gasteiger partial charge in [0.05, 0.1) is 19.4 Å². The van der Waals surface area contributed by atoms with Gasteiger partial charge in [0.25, 0.3) is 5.91 Å². The van der Waals surface area contributed by atoms with Crippen LogP contribution in [0.25, 0.3) is 11.1 Å². The van der Waals surface area contributed by atoms with Crippen molar-refractivity contribution in [2.75, 3.05) is 13.4 Å². The number of hydrogen-bond donors (Lipinski definition) is 1. The standard InChI is InChI=1S/C27H33FN2O6S/c1-16(31)36-27(2,3)26(32)30-20-12-19(13-20)25(29-37(5,33)34)23(30)15-18-9-7-11-22(24(18)28)17-8-6-10-21(14-17)35-4/h6-11,14,19-20,23,25,29H,12-13,15H2,1-5H3/t19?,20?,23-,25-/m0/s1. The second-order valence-electron chi connectivity index (χ2n) is 10.4. The number of nitrogens with one attached hydrogen (secondary N) is 1. The van der Waals surface area contributed by atoms with Crippen LogP contribution in [0.1, 0.15) is 39.2 Å². The summed E-state index contributed by atoms with van der Waals surface area (Å²) in [5, 5.41) is 0. The Morgan fingerprint density at radius 2 is 1.84 bits per heavy atom. The predicted molar refractivity (Wildman–Crippen MR) is 137 cm³/mol. The van der Waals surface area contributed by atoms with Crippen molar-refractivity contribution in [3.05, 3.63) is 53.8 Å². The molecular formula is C27H33FN2O6S. The first-order chi connectivity index (χ1) is 17.3. The minimum Gasteiger partial charge on any atom is -0.497 e. The molecule has 0 spiro atoms. The van der Waals surface area contributed by atoms with Gasteiger partial charge in [-0.2, -0.15) is 0 Å². The molecule has 2 atom stereocenters. The molecule has 1 saturated carbocycles. The Balaban J connectivity index is 1.74. The number of fused-ring (bicyclic) bond motifs is 2. The summed E-state index contributed by atoms with van der Waals surface area (Å²) in [6, 6.07) is 10.7. The maximum Gasteiger partial charge on any atom is 0.303 e. The summed E-state index contributed by atoms with van der Waals surface area (Å²) in [4.78, 5) is 27.0. The normalized spacial score (nSPS) is 23.2. The molecule has 37 heavy (non-hydrogen) atoms. The largest absolute Gasteiger partial charge is 0.497 e. The monoisotopic (exact) mass is 532 g/mol. The topological polar surface area (TPSA) is 102 Å². The maximum absolute atomic E-state index is 15.9. The lowest BCUT2D eigenvalue weighted by atomic mass is 9.66. The fourth-order valence-corrected chi connectivity index (χ4v) is 6.41.